The van der Waals surface area contributed by atoms with Crippen molar-refractivity contribution >= 4 is 8.07 Å². The maximum atomic E-state index is 11.8. The van der Waals surface area contributed by atoms with Crippen LogP contribution in [0.4, 0.5) is 0 Å². The lowest BCUT2D eigenvalue weighted by molar-refractivity contribution is -0.0789. The van der Waals surface area contributed by atoms with Gasteiger partial charge in [0.2, 0.25) is 0 Å². The van der Waals surface area contributed by atoms with E-state index in [1.54, 1.807) is 0 Å². The Balaban J connectivity index is 1.71. The molecule has 2 nitrogen and oxygen atoms in total. The van der Waals surface area contributed by atoms with Gasteiger partial charge in [0.25, 0.3) is 0 Å². The summed E-state index contributed by atoms with van der Waals surface area (Å²) >= 11 is 0. The molecule has 2 fully saturated rings. The largest absolute Gasteiger partial charge is 0.393 e. The quantitative estimate of drug-likeness (QED) is 0.319. The van der Waals surface area contributed by atoms with E-state index in [0.717, 1.165) is 25.0 Å². The van der Waals surface area contributed by atoms with Gasteiger partial charge in [-0.2, -0.15) is 0 Å². The van der Waals surface area contributed by atoms with Gasteiger partial charge in [-0.15, -0.1) is 6.58 Å². The third kappa shape index (κ3) is 5.37. The SMILES string of the molecule is C=C(C)C[C@](O)(C[C@@H](C)C1CCC2[C@@H](OCc3ccccc3)CCC[C@]12C)[Si](C)(C)C. The number of hydrogen-bond donors (Lipinski definition) is 1. The van der Waals surface area contributed by atoms with Crippen molar-refractivity contribution in [2.75, 3.05) is 0 Å². The van der Waals surface area contributed by atoms with Gasteiger partial charge in [-0.1, -0.05) is 75.8 Å². The Bertz CT molecular complexity index is 739. The van der Waals surface area contributed by atoms with E-state index in [1.165, 1.54) is 37.7 Å². The summed E-state index contributed by atoms with van der Waals surface area (Å²) in [6.07, 6.45) is 8.37. The zero-order chi connectivity index (χ0) is 22.9. The van der Waals surface area contributed by atoms with E-state index < -0.39 is 13.3 Å². The van der Waals surface area contributed by atoms with E-state index in [9.17, 15) is 5.11 Å². The van der Waals surface area contributed by atoms with Crippen LogP contribution in [0.5, 0.6) is 0 Å². The molecule has 6 atom stereocenters. The molecule has 0 saturated heterocycles. The molecule has 0 amide bonds. The van der Waals surface area contributed by atoms with Crippen LogP contribution >= 0.6 is 0 Å². The van der Waals surface area contributed by atoms with Crippen LogP contribution in [0.2, 0.25) is 19.6 Å². The highest BCUT2D eigenvalue weighted by Gasteiger charge is 2.54. The Morgan fingerprint density at radius 3 is 2.52 bits per heavy atom. The number of aliphatic hydroxyl groups is 1. The standard InChI is InChI=1S/C28H46O2Si/c1-21(2)18-28(29,31(5,6)7)19-22(3)24-15-16-25-26(14-11-17-27(24,25)4)30-20-23-12-9-8-10-13-23/h8-10,12-13,22,24-26,29H,1,11,14-20H2,2-7H3/t22-,24?,25?,26+,27-,28-/m1/s1. The fourth-order valence-corrected chi connectivity index (χ4v) is 8.66. The minimum atomic E-state index is -1.75. The average molecular weight is 443 g/mol. The van der Waals surface area contributed by atoms with Crippen LogP contribution in [0.1, 0.15) is 71.3 Å². The lowest BCUT2D eigenvalue weighted by Gasteiger charge is -2.48. The van der Waals surface area contributed by atoms with Gasteiger partial charge < -0.3 is 9.84 Å². The summed E-state index contributed by atoms with van der Waals surface area (Å²) in [7, 11) is -1.75. The lowest BCUT2D eigenvalue weighted by Crippen LogP contribution is -2.54. The molecule has 3 rings (SSSR count). The maximum Gasteiger partial charge on any atom is 0.0824 e. The zero-order valence-corrected chi connectivity index (χ0v) is 21.9. The first-order valence-corrected chi connectivity index (χ1v) is 16.0. The van der Waals surface area contributed by atoms with Gasteiger partial charge in [0, 0.05) is 0 Å². The first-order chi connectivity index (χ1) is 14.5. The fourth-order valence-electron chi connectivity index (χ4n) is 6.89. The Kier molecular flexibility index (Phi) is 7.60. The van der Waals surface area contributed by atoms with Gasteiger partial charge >= 0.3 is 0 Å². The summed E-state index contributed by atoms with van der Waals surface area (Å²) in [4.78, 5) is 0. The van der Waals surface area contributed by atoms with Gasteiger partial charge in [-0.05, 0) is 74.2 Å². The van der Waals surface area contributed by atoms with Crippen molar-refractivity contribution in [1.29, 1.82) is 0 Å². The van der Waals surface area contributed by atoms with Crippen LogP contribution in [0.15, 0.2) is 42.5 Å². The van der Waals surface area contributed by atoms with E-state index in [0.29, 0.717) is 29.3 Å². The van der Waals surface area contributed by atoms with E-state index in [1.807, 2.05) is 0 Å². The molecule has 31 heavy (non-hydrogen) atoms. The fraction of sp³-hybridized carbons (Fsp3) is 0.714. The minimum absolute atomic E-state index is 0.336. The van der Waals surface area contributed by atoms with Crippen LogP contribution in [-0.2, 0) is 11.3 Å². The predicted octanol–water partition coefficient (Wildman–Crippen LogP) is 7.39. The zero-order valence-electron chi connectivity index (χ0n) is 20.9. The van der Waals surface area contributed by atoms with Crippen LogP contribution < -0.4 is 0 Å². The topological polar surface area (TPSA) is 29.5 Å². The molecule has 0 aliphatic heterocycles. The van der Waals surface area contributed by atoms with Gasteiger partial charge in [-0.3, -0.25) is 0 Å². The molecule has 3 heteroatoms. The Hall–Kier alpha value is -0.903. The second-order valence-electron chi connectivity index (χ2n) is 12.1. The summed E-state index contributed by atoms with van der Waals surface area (Å²) in [6, 6.07) is 10.6. The van der Waals surface area contributed by atoms with Gasteiger partial charge in [-0.25, -0.2) is 0 Å². The summed E-state index contributed by atoms with van der Waals surface area (Å²) in [5.41, 5.74) is 2.72. The minimum Gasteiger partial charge on any atom is -0.393 e. The van der Waals surface area contributed by atoms with Gasteiger partial charge in [0.1, 0.15) is 0 Å². The molecule has 1 N–H and O–H groups in total. The monoisotopic (exact) mass is 442 g/mol. The number of fused-ring (bicyclic) bond motifs is 1. The van der Waals surface area contributed by atoms with Gasteiger partial charge in [0.15, 0.2) is 0 Å². The summed E-state index contributed by atoms with van der Waals surface area (Å²) in [5, 5.41) is 11.2. The molecule has 1 aromatic carbocycles. The van der Waals surface area contributed by atoms with Crippen molar-refractivity contribution in [3.63, 3.8) is 0 Å². The predicted molar refractivity (Wildman–Crippen MR) is 135 cm³/mol. The van der Waals surface area contributed by atoms with Crippen LogP contribution in [-0.4, -0.2) is 24.5 Å². The van der Waals surface area contributed by atoms with Crippen LogP contribution in [0, 0.1) is 23.2 Å². The molecule has 2 aliphatic carbocycles. The number of hydrogen-bond acceptors (Lipinski definition) is 2. The molecule has 2 saturated carbocycles. The van der Waals surface area contributed by atoms with Crippen LogP contribution in [0.25, 0.3) is 0 Å². The van der Waals surface area contributed by atoms with E-state index >= 15 is 0 Å². The molecule has 0 radical (unpaired) electrons. The molecule has 2 aliphatic rings. The van der Waals surface area contributed by atoms with Crippen molar-refractivity contribution in [2.24, 2.45) is 23.2 Å². The highest BCUT2D eigenvalue weighted by Crippen LogP contribution is 2.59. The number of rotatable bonds is 9. The third-order valence-electron chi connectivity index (χ3n) is 8.78. The third-order valence-corrected chi connectivity index (χ3v) is 12.0. The van der Waals surface area contributed by atoms with Crippen molar-refractivity contribution in [1.82, 2.24) is 0 Å². The Morgan fingerprint density at radius 2 is 1.90 bits per heavy atom. The first kappa shape index (κ1) is 24.7. The molecular weight excluding hydrogens is 396 g/mol. The average Bonchev–Trinajstić information content (AvgIpc) is 3.03. The molecule has 0 bridgehead atoms. The molecule has 174 valence electrons. The van der Waals surface area contributed by atoms with Crippen molar-refractivity contribution < 1.29 is 9.84 Å². The molecule has 0 aromatic heterocycles. The first-order valence-electron chi connectivity index (χ1n) is 12.5. The molecule has 0 heterocycles. The van der Waals surface area contributed by atoms with Crippen molar-refractivity contribution in [3.8, 4) is 0 Å². The summed E-state index contributed by atoms with van der Waals surface area (Å²) < 4.78 is 6.53. The van der Waals surface area contributed by atoms with E-state index in [2.05, 4.69) is 77.3 Å². The maximum absolute atomic E-state index is 11.8. The van der Waals surface area contributed by atoms with Crippen molar-refractivity contribution in [3.05, 3.63) is 48.0 Å². The highest BCUT2D eigenvalue weighted by atomic mass is 28.3. The summed E-state index contributed by atoms with van der Waals surface area (Å²) in [6.45, 7) is 18.8. The highest BCUT2D eigenvalue weighted by molar-refractivity contribution is 6.78. The van der Waals surface area contributed by atoms with E-state index in [-0.39, 0.29) is 0 Å². The number of benzene rings is 1. The van der Waals surface area contributed by atoms with E-state index in [4.69, 9.17) is 4.74 Å². The van der Waals surface area contributed by atoms with Crippen LogP contribution in [0.3, 0.4) is 0 Å². The molecule has 2 unspecified atom stereocenters. The van der Waals surface area contributed by atoms with Gasteiger partial charge in [0.05, 0.1) is 26.0 Å². The Morgan fingerprint density at radius 1 is 1.23 bits per heavy atom. The molecule has 1 aromatic rings. The smallest absolute Gasteiger partial charge is 0.0824 e. The number of ether oxygens (including phenoxy) is 1. The summed E-state index contributed by atoms with van der Waals surface area (Å²) in [5.74, 6) is 1.85. The molecular formula is C28H46O2Si. The molecule has 0 spiro atoms. The second kappa shape index (κ2) is 9.53. The lowest BCUT2D eigenvalue weighted by atomic mass is 9.61. The Labute approximate surface area is 192 Å². The normalized spacial score (nSPS) is 31.6. The van der Waals surface area contributed by atoms with Crippen molar-refractivity contribution in [2.45, 2.75) is 103 Å². The second-order valence-corrected chi connectivity index (χ2v) is 17.6.